The molecule has 0 spiro atoms. The number of carbonyl (C=O) groups excluding carboxylic acids is 2. The first-order valence-electron chi connectivity index (χ1n) is 8.18. The first-order chi connectivity index (χ1) is 11.7. The Labute approximate surface area is 141 Å². The molecular formula is C20H20N2O2. The molecule has 4 nitrogen and oxygen atoms in total. The lowest BCUT2D eigenvalue weighted by molar-refractivity contribution is -0.120. The summed E-state index contributed by atoms with van der Waals surface area (Å²) in [6, 6.07) is 15.3. The third kappa shape index (κ3) is 2.83. The Balaban J connectivity index is 1.90. The maximum Gasteiger partial charge on any atom is 0.281 e. The second-order valence-corrected chi connectivity index (χ2v) is 5.65. The lowest BCUT2D eigenvalue weighted by Gasteiger charge is -2.18. The quantitative estimate of drug-likeness (QED) is 0.855. The van der Waals surface area contributed by atoms with E-state index in [0.29, 0.717) is 11.4 Å². The van der Waals surface area contributed by atoms with Crippen molar-refractivity contribution in [2.45, 2.75) is 26.7 Å². The van der Waals surface area contributed by atoms with E-state index >= 15 is 0 Å². The summed E-state index contributed by atoms with van der Waals surface area (Å²) >= 11 is 0. The Bertz CT molecular complexity index is 824. The van der Waals surface area contributed by atoms with Gasteiger partial charge in [0.2, 0.25) is 0 Å². The molecule has 2 aromatic rings. The van der Waals surface area contributed by atoms with Gasteiger partial charge in [0.25, 0.3) is 11.8 Å². The van der Waals surface area contributed by atoms with E-state index in [1.54, 1.807) is 0 Å². The minimum absolute atomic E-state index is 0.308. The van der Waals surface area contributed by atoms with Crippen LogP contribution in [-0.4, -0.2) is 11.8 Å². The Morgan fingerprint density at radius 3 is 2.21 bits per heavy atom. The van der Waals surface area contributed by atoms with E-state index in [0.717, 1.165) is 29.7 Å². The van der Waals surface area contributed by atoms with Crippen LogP contribution in [0.15, 0.2) is 60.3 Å². The smallest absolute Gasteiger partial charge is 0.281 e. The molecule has 0 atom stereocenters. The summed E-state index contributed by atoms with van der Waals surface area (Å²) in [5.74, 6) is -0.621. The molecule has 0 radical (unpaired) electrons. The predicted octanol–water partition coefficient (Wildman–Crippen LogP) is 3.68. The molecular weight excluding hydrogens is 300 g/mol. The number of nitrogens with zero attached hydrogens (tertiary/aromatic N) is 1. The van der Waals surface area contributed by atoms with E-state index in [4.69, 9.17) is 0 Å². The third-order valence-corrected chi connectivity index (χ3v) is 4.20. The van der Waals surface area contributed by atoms with Gasteiger partial charge in [-0.1, -0.05) is 50.2 Å². The number of aryl methyl sites for hydroxylation is 2. The highest BCUT2D eigenvalue weighted by Gasteiger charge is 2.33. The Morgan fingerprint density at radius 2 is 1.50 bits per heavy atom. The van der Waals surface area contributed by atoms with Gasteiger partial charge in [0.1, 0.15) is 5.70 Å². The van der Waals surface area contributed by atoms with Crippen LogP contribution < -0.4 is 10.2 Å². The Hall–Kier alpha value is -2.88. The highest BCUT2D eigenvalue weighted by atomic mass is 16.2. The number of nitrogens with one attached hydrogen (secondary N) is 1. The van der Waals surface area contributed by atoms with Crippen molar-refractivity contribution in [1.82, 2.24) is 0 Å². The van der Waals surface area contributed by atoms with Crippen LogP contribution in [0.25, 0.3) is 0 Å². The van der Waals surface area contributed by atoms with E-state index in [9.17, 15) is 9.59 Å². The molecule has 2 aromatic carbocycles. The molecule has 1 aliphatic rings. The van der Waals surface area contributed by atoms with E-state index < -0.39 is 0 Å². The highest BCUT2D eigenvalue weighted by Crippen LogP contribution is 2.28. The largest absolute Gasteiger partial charge is 0.351 e. The molecule has 4 heteroatoms. The molecule has 1 heterocycles. The van der Waals surface area contributed by atoms with E-state index in [1.807, 2.05) is 55.5 Å². The molecule has 2 amide bonds. The van der Waals surface area contributed by atoms with Crippen LogP contribution in [0.5, 0.6) is 0 Å². The Kier molecular flexibility index (Phi) is 4.47. The van der Waals surface area contributed by atoms with Gasteiger partial charge >= 0.3 is 0 Å². The summed E-state index contributed by atoms with van der Waals surface area (Å²) in [6.45, 7) is 4.06. The summed E-state index contributed by atoms with van der Waals surface area (Å²) in [5, 5.41) is 3.13. The van der Waals surface area contributed by atoms with Gasteiger partial charge in [-0.3, -0.25) is 9.59 Å². The topological polar surface area (TPSA) is 49.4 Å². The average molecular weight is 320 g/mol. The van der Waals surface area contributed by atoms with Crippen LogP contribution in [0.2, 0.25) is 0 Å². The number of benzene rings is 2. The van der Waals surface area contributed by atoms with Crippen LogP contribution in [0.4, 0.5) is 11.4 Å². The summed E-state index contributed by atoms with van der Waals surface area (Å²) < 4.78 is 0. The van der Waals surface area contributed by atoms with Crippen LogP contribution in [-0.2, 0) is 22.4 Å². The summed E-state index contributed by atoms with van der Waals surface area (Å²) in [6.07, 6.45) is 2.98. The summed E-state index contributed by atoms with van der Waals surface area (Å²) in [7, 11) is 0. The minimum Gasteiger partial charge on any atom is -0.351 e. The van der Waals surface area contributed by atoms with Gasteiger partial charge in [0.15, 0.2) is 0 Å². The normalized spacial score (nSPS) is 14.1. The van der Waals surface area contributed by atoms with Crippen LogP contribution in [0.1, 0.15) is 25.0 Å². The van der Waals surface area contributed by atoms with Crippen LogP contribution in [0, 0.1) is 0 Å². The van der Waals surface area contributed by atoms with Crippen molar-refractivity contribution in [1.29, 1.82) is 0 Å². The monoisotopic (exact) mass is 320 g/mol. The third-order valence-electron chi connectivity index (χ3n) is 4.20. The van der Waals surface area contributed by atoms with Crippen molar-refractivity contribution >= 4 is 23.2 Å². The SMILES string of the molecule is CCc1ccccc1NC1=CC(=O)N(c2ccccc2CC)C1=O. The maximum atomic E-state index is 12.8. The lowest BCUT2D eigenvalue weighted by atomic mass is 10.1. The van der Waals surface area contributed by atoms with Gasteiger partial charge in [-0.05, 0) is 36.1 Å². The molecule has 0 fully saturated rings. The first kappa shape index (κ1) is 16.0. The fraction of sp³-hybridized carbons (Fsp3) is 0.200. The number of hydrogen-bond acceptors (Lipinski definition) is 3. The standard InChI is InChI=1S/C20H20N2O2/c1-3-14-9-5-7-11-16(14)21-17-13-19(23)22(20(17)24)18-12-8-6-10-15(18)4-2/h5-13,21H,3-4H2,1-2H3. The number of amides is 2. The molecule has 0 unspecified atom stereocenters. The van der Waals surface area contributed by atoms with Gasteiger partial charge in [-0.25, -0.2) is 4.90 Å². The van der Waals surface area contributed by atoms with Crippen molar-refractivity contribution in [2.75, 3.05) is 10.2 Å². The van der Waals surface area contributed by atoms with Gasteiger partial charge in [0.05, 0.1) is 5.69 Å². The Morgan fingerprint density at radius 1 is 0.875 bits per heavy atom. The first-order valence-corrected chi connectivity index (χ1v) is 8.18. The van der Waals surface area contributed by atoms with Crippen molar-refractivity contribution in [2.24, 2.45) is 0 Å². The van der Waals surface area contributed by atoms with Crippen molar-refractivity contribution in [3.05, 3.63) is 71.4 Å². The number of imide groups is 1. The maximum absolute atomic E-state index is 12.8. The van der Waals surface area contributed by atoms with Gasteiger partial charge in [-0.2, -0.15) is 0 Å². The number of anilines is 2. The molecule has 1 N–H and O–H groups in total. The zero-order valence-electron chi connectivity index (χ0n) is 13.9. The van der Waals surface area contributed by atoms with Gasteiger partial charge in [0, 0.05) is 11.8 Å². The average Bonchev–Trinajstić information content (AvgIpc) is 2.89. The van der Waals surface area contributed by atoms with E-state index in [1.165, 1.54) is 11.0 Å². The molecule has 1 aliphatic heterocycles. The molecule has 122 valence electrons. The second kappa shape index (κ2) is 6.71. The molecule has 24 heavy (non-hydrogen) atoms. The predicted molar refractivity (Wildman–Crippen MR) is 95.8 cm³/mol. The molecule has 0 saturated carbocycles. The van der Waals surface area contributed by atoms with Crippen LogP contribution in [0.3, 0.4) is 0 Å². The molecule has 0 aromatic heterocycles. The minimum atomic E-state index is -0.313. The summed E-state index contributed by atoms with van der Waals surface area (Å²) in [5.41, 5.74) is 3.91. The number of hydrogen-bond donors (Lipinski definition) is 1. The molecule has 0 saturated heterocycles. The number of carbonyl (C=O) groups is 2. The van der Waals surface area contributed by atoms with Gasteiger partial charge < -0.3 is 5.32 Å². The highest BCUT2D eigenvalue weighted by molar-refractivity contribution is 6.31. The second-order valence-electron chi connectivity index (χ2n) is 5.65. The van der Waals surface area contributed by atoms with Crippen molar-refractivity contribution in [3.8, 4) is 0 Å². The molecule has 3 rings (SSSR count). The summed E-state index contributed by atoms with van der Waals surface area (Å²) in [4.78, 5) is 26.4. The fourth-order valence-electron chi connectivity index (χ4n) is 2.91. The zero-order valence-corrected chi connectivity index (χ0v) is 13.9. The number of rotatable bonds is 5. The molecule has 0 bridgehead atoms. The van der Waals surface area contributed by atoms with Crippen molar-refractivity contribution < 1.29 is 9.59 Å². The zero-order chi connectivity index (χ0) is 17.1. The van der Waals surface area contributed by atoms with E-state index in [2.05, 4.69) is 12.2 Å². The van der Waals surface area contributed by atoms with E-state index in [-0.39, 0.29) is 11.8 Å². The molecule has 0 aliphatic carbocycles. The fourth-order valence-corrected chi connectivity index (χ4v) is 2.91. The number of para-hydroxylation sites is 2. The van der Waals surface area contributed by atoms with Crippen LogP contribution >= 0.6 is 0 Å². The van der Waals surface area contributed by atoms with Gasteiger partial charge in [-0.15, -0.1) is 0 Å². The van der Waals surface area contributed by atoms with Crippen molar-refractivity contribution in [3.63, 3.8) is 0 Å². The lowest BCUT2D eigenvalue weighted by Crippen LogP contribution is -2.32.